The van der Waals surface area contributed by atoms with Crippen LogP contribution in [0.4, 0.5) is 10.6 Å². The zero-order valence-corrected chi connectivity index (χ0v) is 14.3. The average Bonchev–Trinajstić information content (AvgIpc) is 3.15. The van der Waals surface area contributed by atoms with Crippen molar-refractivity contribution >= 4 is 29.4 Å². The van der Waals surface area contributed by atoms with Gasteiger partial charge in [-0.25, -0.2) is 9.78 Å². The number of halogens is 1. The summed E-state index contributed by atoms with van der Waals surface area (Å²) in [6.07, 6.45) is 2.99. The van der Waals surface area contributed by atoms with Crippen LogP contribution in [0.1, 0.15) is 19.8 Å². The number of carbonyl (C=O) groups is 2. The lowest BCUT2D eigenvalue weighted by molar-refractivity contribution is -0.146. The van der Waals surface area contributed by atoms with E-state index in [9.17, 15) is 14.7 Å². The van der Waals surface area contributed by atoms with Gasteiger partial charge in [0.25, 0.3) is 0 Å². The summed E-state index contributed by atoms with van der Waals surface area (Å²) in [5.41, 5.74) is -0.847. The summed E-state index contributed by atoms with van der Waals surface area (Å²) < 4.78 is 0. The standard InChI is InChI=1S/C16H21ClN4O3/c1-16(14(22)23)5-8-21(10-16)15(24)19-11-4-7-20(9-11)13-12(17)3-2-6-18-13/h2-3,6,11H,4-5,7-10H2,1H3,(H,19,24)(H,22,23). The molecule has 0 saturated carbocycles. The molecule has 0 bridgehead atoms. The molecule has 2 atom stereocenters. The van der Waals surface area contributed by atoms with Crippen molar-refractivity contribution in [1.29, 1.82) is 0 Å². The van der Waals surface area contributed by atoms with E-state index in [4.69, 9.17) is 11.6 Å². The fraction of sp³-hybridized carbons (Fsp3) is 0.562. The van der Waals surface area contributed by atoms with Crippen LogP contribution in [-0.2, 0) is 4.79 Å². The molecule has 2 aliphatic rings. The second-order valence-electron chi connectivity index (χ2n) is 6.73. The molecule has 2 N–H and O–H groups in total. The Morgan fingerprint density at radius 1 is 1.46 bits per heavy atom. The number of rotatable bonds is 3. The number of aliphatic carboxylic acids is 1. The minimum absolute atomic E-state index is 0.00672. The highest BCUT2D eigenvalue weighted by molar-refractivity contribution is 6.32. The van der Waals surface area contributed by atoms with Gasteiger partial charge in [0.2, 0.25) is 0 Å². The molecule has 2 unspecified atom stereocenters. The van der Waals surface area contributed by atoms with E-state index in [0.717, 1.165) is 18.8 Å². The number of aromatic nitrogens is 1. The van der Waals surface area contributed by atoms with E-state index in [2.05, 4.69) is 15.2 Å². The molecule has 3 heterocycles. The Bertz CT molecular complexity index is 656. The molecule has 0 aromatic carbocycles. The average molecular weight is 353 g/mol. The summed E-state index contributed by atoms with van der Waals surface area (Å²) in [6.45, 7) is 3.82. The second-order valence-corrected chi connectivity index (χ2v) is 7.13. The number of hydrogen-bond acceptors (Lipinski definition) is 4. The van der Waals surface area contributed by atoms with Crippen molar-refractivity contribution in [2.24, 2.45) is 5.41 Å². The molecule has 2 aliphatic heterocycles. The molecule has 24 heavy (non-hydrogen) atoms. The summed E-state index contributed by atoms with van der Waals surface area (Å²) in [5, 5.41) is 12.9. The zero-order valence-electron chi connectivity index (χ0n) is 13.5. The molecule has 2 saturated heterocycles. The number of hydrogen-bond donors (Lipinski definition) is 2. The second kappa shape index (κ2) is 6.47. The molecule has 2 amide bonds. The molecule has 1 aromatic rings. The zero-order chi connectivity index (χ0) is 17.3. The normalized spacial score (nSPS) is 26.7. The van der Waals surface area contributed by atoms with E-state index >= 15 is 0 Å². The Kier molecular flexibility index (Phi) is 4.54. The van der Waals surface area contributed by atoms with Crippen LogP contribution in [0.2, 0.25) is 5.02 Å². The number of amides is 2. The van der Waals surface area contributed by atoms with Crippen LogP contribution in [-0.4, -0.2) is 59.2 Å². The Labute approximate surface area is 145 Å². The first kappa shape index (κ1) is 16.8. The molecular formula is C16H21ClN4O3. The van der Waals surface area contributed by atoms with E-state index in [-0.39, 0.29) is 18.6 Å². The van der Waals surface area contributed by atoms with Gasteiger partial charge in [0, 0.05) is 38.4 Å². The van der Waals surface area contributed by atoms with Gasteiger partial charge in [-0.05, 0) is 31.9 Å². The van der Waals surface area contributed by atoms with Crippen molar-refractivity contribution in [2.45, 2.75) is 25.8 Å². The number of likely N-dealkylation sites (tertiary alicyclic amines) is 1. The van der Waals surface area contributed by atoms with Gasteiger partial charge in [0.15, 0.2) is 0 Å². The third-order valence-corrected chi connectivity index (χ3v) is 5.13. The predicted molar refractivity (Wildman–Crippen MR) is 90.3 cm³/mol. The van der Waals surface area contributed by atoms with Crippen LogP contribution in [0.15, 0.2) is 18.3 Å². The lowest BCUT2D eigenvalue weighted by atomic mass is 9.90. The maximum Gasteiger partial charge on any atom is 0.317 e. The molecule has 1 aromatic heterocycles. The molecule has 0 spiro atoms. The lowest BCUT2D eigenvalue weighted by Crippen LogP contribution is -2.46. The quantitative estimate of drug-likeness (QED) is 0.866. The fourth-order valence-corrected chi connectivity index (χ4v) is 3.50. The van der Waals surface area contributed by atoms with E-state index in [1.165, 1.54) is 0 Å². The third kappa shape index (κ3) is 3.26. The Morgan fingerprint density at radius 2 is 2.25 bits per heavy atom. The molecule has 0 aliphatic carbocycles. The minimum atomic E-state index is -0.852. The van der Waals surface area contributed by atoms with Crippen LogP contribution in [0.5, 0.6) is 0 Å². The molecule has 8 heteroatoms. The number of carboxylic acid groups (broad SMARTS) is 1. The summed E-state index contributed by atoms with van der Waals surface area (Å²) in [6, 6.07) is 3.40. The van der Waals surface area contributed by atoms with Crippen molar-refractivity contribution in [1.82, 2.24) is 15.2 Å². The van der Waals surface area contributed by atoms with Crippen molar-refractivity contribution in [2.75, 3.05) is 31.1 Å². The largest absolute Gasteiger partial charge is 0.481 e. The van der Waals surface area contributed by atoms with Gasteiger partial charge in [-0.1, -0.05) is 11.6 Å². The molecule has 0 radical (unpaired) electrons. The first-order valence-corrected chi connectivity index (χ1v) is 8.41. The van der Waals surface area contributed by atoms with Crippen LogP contribution in [0.25, 0.3) is 0 Å². The van der Waals surface area contributed by atoms with E-state index in [0.29, 0.717) is 24.5 Å². The summed E-state index contributed by atoms with van der Waals surface area (Å²) in [4.78, 5) is 31.6. The Hall–Kier alpha value is -2.02. The van der Waals surface area contributed by atoms with Crippen LogP contribution in [0.3, 0.4) is 0 Å². The molecule has 7 nitrogen and oxygen atoms in total. The number of nitrogens with one attached hydrogen (secondary N) is 1. The summed E-state index contributed by atoms with van der Waals surface area (Å²) >= 11 is 6.17. The van der Waals surface area contributed by atoms with E-state index in [1.807, 2.05) is 0 Å². The van der Waals surface area contributed by atoms with Crippen molar-refractivity contribution in [3.8, 4) is 0 Å². The molecule has 130 valence electrons. The maximum atomic E-state index is 12.4. The number of carbonyl (C=O) groups excluding carboxylic acids is 1. The predicted octanol–water partition coefficient (Wildman–Crippen LogP) is 1.82. The van der Waals surface area contributed by atoms with Gasteiger partial charge in [0.1, 0.15) is 5.82 Å². The van der Waals surface area contributed by atoms with Crippen LogP contribution >= 0.6 is 11.6 Å². The fourth-order valence-electron chi connectivity index (χ4n) is 3.26. The highest BCUT2D eigenvalue weighted by Gasteiger charge is 2.42. The van der Waals surface area contributed by atoms with Crippen molar-refractivity contribution in [3.05, 3.63) is 23.4 Å². The molecule has 3 rings (SSSR count). The Morgan fingerprint density at radius 3 is 2.92 bits per heavy atom. The summed E-state index contributed by atoms with van der Waals surface area (Å²) in [5.74, 6) is -0.120. The minimum Gasteiger partial charge on any atom is -0.481 e. The highest BCUT2D eigenvalue weighted by atomic mass is 35.5. The SMILES string of the molecule is CC1(C(=O)O)CCN(C(=O)NC2CCN(c3ncccc3Cl)C2)C1. The van der Waals surface area contributed by atoms with Gasteiger partial charge in [-0.2, -0.15) is 0 Å². The Balaban J connectivity index is 1.56. The van der Waals surface area contributed by atoms with Gasteiger partial charge in [0.05, 0.1) is 10.4 Å². The molecule has 2 fully saturated rings. The van der Waals surface area contributed by atoms with Crippen LogP contribution in [0, 0.1) is 5.41 Å². The number of carboxylic acids is 1. The first-order valence-electron chi connectivity index (χ1n) is 8.03. The summed E-state index contributed by atoms with van der Waals surface area (Å²) in [7, 11) is 0. The van der Waals surface area contributed by atoms with Gasteiger partial charge < -0.3 is 20.2 Å². The highest BCUT2D eigenvalue weighted by Crippen LogP contribution is 2.30. The number of pyridine rings is 1. The number of nitrogens with zero attached hydrogens (tertiary/aromatic N) is 3. The number of anilines is 1. The third-order valence-electron chi connectivity index (χ3n) is 4.83. The van der Waals surface area contributed by atoms with Crippen LogP contribution < -0.4 is 10.2 Å². The van der Waals surface area contributed by atoms with Gasteiger partial charge in [-0.15, -0.1) is 0 Å². The number of urea groups is 1. The maximum absolute atomic E-state index is 12.4. The van der Waals surface area contributed by atoms with Crippen molar-refractivity contribution in [3.63, 3.8) is 0 Å². The van der Waals surface area contributed by atoms with Gasteiger partial charge in [-0.3, -0.25) is 4.79 Å². The monoisotopic (exact) mass is 352 g/mol. The first-order chi connectivity index (χ1) is 11.4. The topological polar surface area (TPSA) is 85.8 Å². The van der Waals surface area contributed by atoms with Crippen molar-refractivity contribution < 1.29 is 14.7 Å². The van der Waals surface area contributed by atoms with Gasteiger partial charge >= 0.3 is 12.0 Å². The van der Waals surface area contributed by atoms with E-state index < -0.39 is 11.4 Å². The van der Waals surface area contributed by atoms with E-state index in [1.54, 1.807) is 30.2 Å². The lowest BCUT2D eigenvalue weighted by Gasteiger charge is -2.23. The smallest absolute Gasteiger partial charge is 0.317 e. The molecular weight excluding hydrogens is 332 g/mol.